The third-order valence-electron chi connectivity index (χ3n) is 5.61. The van der Waals surface area contributed by atoms with Crippen molar-refractivity contribution in [2.24, 2.45) is 5.73 Å². The van der Waals surface area contributed by atoms with Crippen molar-refractivity contribution in [2.75, 3.05) is 33.4 Å². The first-order valence-corrected chi connectivity index (χ1v) is 10.1. The summed E-state index contributed by atoms with van der Waals surface area (Å²) in [5.74, 6) is 0.705. The van der Waals surface area contributed by atoms with Gasteiger partial charge in [-0.2, -0.15) is 0 Å². The Hall–Kier alpha value is -0.980. The first kappa shape index (κ1) is 21.3. The van der Waals surface area contributed by atoms with Crippen molar-refractivity contribution in [1.82, 2.24) is 10.6 Å². The molecule has 0 aromatic heterocycles. The number of aliphatic hydroxyl groups is 1. The maximum absolute atomic E-state index is 9.06. The Kier molecular flexibility index (Phi) is 9.57. The predicted molar refractivity (Wildman–Crippen MR) is 107 cm³/mol. The van der Waals surface area contributed by atoms with Crippen molar-refractivity contribution < 1.29 is 9.84 Å². The van der Waals surface area contributed by atoms with Crippen molar-refractivity contribution in [3.05, 3.63) is 35.9 Å². The lowest BCUT2D eigenvalue weighted by Gasteiger charge is -2.29. The average Bonchev–Trinajstić information content (AvgIpc) is 2.68. The van der Waals surface area contributed by atoms with Gasteiger partial charge in [-0.15, -0.1) is 0 Å². The fourth-order valence-corrected chi connectivity index (χ4v) is 3.81. The molecule has 1 aromatic rings. The summed E-state index contributed by atoms with van der Waals surface area (Å²) in [6.45, 7) is 2.70. The molecule has 0 bridgehead atoms. The summed E-state index contributed by atoms with van der Waals surface area (Å²) < 4.78 is 6.04. The number of ether oxygens (including phenoxy) is 1. The average molecular weight is 364 g/mol. The molecular weight excluding hydrogens is 326 g/mol. The second-order valence-corrected chi connectivity index (χ2v) is 7.49. The summed E-state index contributed by atoms with van der Waals surface area (Å²) in [5.41, 5.74) is 7.20. The summed E-state index contributed by atoms with van der Waals surface area (Å²) in [5, 5.41) is 15.6. The summed E-state index contributed by atoms with van der Waals surface area (Å²) in [7, 11) is 1.85. The van der Waals surface area contributed by atoms with E-state index in [1.54, 1.807) is 0 Å². The van der Waals surface area contributed by atoms with Crippen LogP contribution in [-0.2, 0) is 4.74 Å². The molecule has 1 saturated carbocycles. The molecule has 5 nitrogen and oxygen atoms in total. The topological polar surface area (TPSA) is 79.5 Å². The Balaban J connectivity index is 1.50. The van der Waals surface area contributed by atoms with Crippen molar-refractivity contribution in [3.63, 3.8) is 0 Å². The highest BCUT2D eigenvalue weighted by atomic mass is 16.5. The molecule has 0 heterocycles. The molecule has 26 heavy (non-hydrogen) atoms. The predicted octanol–water partition coefficient (Wildman–Crippen LogP) is 2.36. The lowest BCUT2D eigenvalue weighted by atomic mass is 9.83. The van der Waals surface area contributed by atoms with E-state index >= 15 is 0 Å². The van der Waals surface area contributed by atoms with Gasteiger partial charge in [-0.1, -0.05) is 30.3 Å². The van der Waals surface area contributed by atoms with Crippen LogP contribution in [0.15, 0.2) is 30.3 Å². The minimum absolute atomic E-state index is 0.116. The lowest BCUT2D eigenvalue weighted by molar-refractivity contribution is 0.0265. The van der Waals surface area contributed by atoms with Gasteiger partial charge in [0, 0.05) is 19.6 Å². The highest BCUT2D eigenvalue weighted by Crippen LogP contribution is 2.33. The van der Waals surface area contributed by atoms with Crippen LogP contribution in [0.1, 0.15) is 56.4 Å². The first-order chi connectivity index (χ1) is 12.7. The molecule has 0 radical (unpaired) electrons. The van der Waals surface area contributed by atoms with E-state index in [0.717, 1.165) is 32.5 Å². The maximum atomic E-state index is 9.06. The molecule has 0 amide bonds. The molecule has 1 atom stereocenters. The summed E-state index contributed by atoms with van der Waals surface area (Å²) in [4.78, 5) is 0. The zero-order valence-corrected chi connectivity index (χ0v) is 16.3. The molecule has 0 spiro atoms. The summed E-state index contributed by atoms with van der Waals surface area (Å²) >= 11 is 0. The van der Waals surface area contributed by atoms with Gasteiger partial charge in [0.15, 0.2) is 0 Å². The molecule has 2 rings (SSSR count). The minimum atomic E-state index is -0.454. The quantitative estimate of drug-likeness (QED) is 0.339. The Labute approximate surface area is 158 Å². The van der Waals surface area contributed by atoms with Gasteiger partial charge < -0.3 is 26.2 Å². The highest BCUT2D eigenvalue weighted by Gasteiger charge is 2.23. The van der Waals surface area contributed by atoms with Crippen molar-refractivity contribution in [3.8, 4) is 0 Å². The molecule has 0 aliphatic heterocycles. The number of aliphatic hydroxyl groups excluding tert-OH is 1. The molecule has 0 saturated heterocycles. The van der Waals surface area contributed by atoms with Gasteiger partial charge in [0.25, 0.3) is 0 Å². The van der Waals surface area contributed by atoms with Crippen LogP contribution in [0.3, 0.4) is 0 Å². The van der Waals surface area contributed by atoms with Gasteiger partial charge in [-0.05, 0) is 63.6 Å². The Bertz CT molecular complexity index is 477. The molecule has 5 N–H and O–H groups in total. The van der Waals surface area contributed by atoms with Crippen LogP contribution in [0.5, 0.6) is 0 Å². The smallest absolute Gasteiger partial charge is 0.0682 e. The molecule has 1 aliphatic carbocycles. The Morgan fingerprint density at radius 3 is 2.50 bits per heavy atom. The Morgan fingerprint density at radius 2 is 1.85 bits per heavy atom. The third-order valence-corrected chi connectivity index (χ3v) is 5.61. The number of benzene rings is 1. The molecule has 1 unspecified atom stereocenters. The fraction of sp³-hybridized carbons (Fsp3) is 0.714. The maximum Gasteiger partial charge on any atom is 0.0682 e. The van der Waals surface area contributed by atoms with Crippen LogP contribution in [0.2, 0.25) is 0 Å². The van der Waals surface area contributed by atoms with Crippen LogP contribution >= 0.6 is 0 Å². The van der Waals surface area contributed by atoms with Crippen molar-refractivity contribution in [1.29, 1.82) is 0 Å². The van der Waals surface area contributed by atoms with Crippen LogP contribution in [0, 0.1) is 0 Å². The summed E-state index contributed by atoms with van der Waals surface area (Å²) in [6.07, 6.45) is 7.63. The summed E-state index contributed by atoms with van der Waals surface area (Å²) in [6, 6.07) is 10.9. The zero-order valence-electron chi connectivity index (χ0n) is 16.3. The van der Waals surface area contributed by atoms with E-state index in [0.29, 0.717) is 18.4 Å². The lowest BCUT2D eigenvalue weighted by Crippen LogP contribution is -2.52. The number of nitrogens with two attached hydrogens (primary N) is 1. The molecule has 1 aliphatic rings. The number of hydrogen-bond donors (Lipinski definition) is 4. The SMILES string of the molecule is CNC(N)(CCO)CCCNCCOC1CCC(c2ccccc2)CC1. The van der Waals surface area contributed by atoms with E-state index in [1.165, 1.54) is 31.2 Å². The van der Waals surface area contributed by atoms with Crippen LogP contribution < -0.4 is 16.4 Å². The van der Waals surface area contributed by atoms with Crippen molar-refractivity contribution >= 4 is 0 Å². The van der Waals surface area contributed by atoms with E-state index < -0.39 is 5.66 Å². The Morgan fingerprint density at radius 1 is 1.12 bits per heavy atom. The highest BCUT2D eigenvalue weighted by molar-refractivity contribution is 5.19. The van der Waals surface area contributed by atoms with Gasteiger partial charge >= 0.3 is 0 Å². The number of hydrogen-bond acceptors (Lipinski definition) is 5. The van der Waals surface area contributed by atoms with E-state index in [9.17, 15) is 0 Å². The number of nitrogens with one attached hydrogen (secondary N) is 2. The number of rotatable bonds is 12. The van der Waals surface area contributed by atoms with Crippen LogP contribution in [0.4, 0.5) is 0 Å². The van der Waals surface area contributed by atoms with Gasteiger partial charge in [-0.25, -0.2) is 0 Å². The second kappa shape index (κ2) is 11.7. The monoisotopic (exact) mass is 363 g/mol. The van der Waals surface area contributed by atoms with Crippen LogP contribution in [0.25, 0.3) is 0 Å². The van der Waals surface area contributed by atoms with Gasteiger partial charge in [0.2, 0.25) is 0 Å². The van der Waals surface area contributed by atoms with E-state index in [4.69, 9.17) is 15.6 Å². The third kappa shape index (κ3) is 7.33. The van der Waals surface area contributed by atoms with Gasteiger partial charge in [-0.3, -0.25) is 0 Å². The van der Waals surface area contributed by atoms with E-state index in [2.05, 4.69) is 41.0 Å². The van der Waals surface area contributed by atoms with Gasteiger partial charge in [0.1, 0.15) is 0 Å². The molecular formula is C21H37N3O2. The first-order valence-electron chi connectivity index (χ1n) is 10.1. The fourth-order valence-electron chi connectivity index (χ4n) is 3.81. The normalized spacial score (nSPS) is 22.9. The zero-order chi connectivity index (χ0) is 18.7. The molecule has 1 fully saturated rings. The minimum Gasteiger partial charge on any atom is -0.396 e. The van der Waals surface area contributed by atoms with E-state index in [-0.39, 0.29) is 6.61 Å². The second-order valence-electron chi connectivity index (χ2n) is 7.49. The largest absolute Gasteiger partial charge is 0.396 e. The van der Waals surface area contributed by atoms with Gasteiger partial charge in [0.05, 0.1) is 18.4 Å². The standard InChI is InChI=1S/C21H37N3O2/c1-23-21(22,13-16-25)12-5-14-24-15-17-26-20-10-8-19(9-11-20)18-6-3-2-4-7-18/h2-4,6-7,19-20,23-25H,5,8-17,22H2,1H3. The van der Waals surface area contributed by atoms with Crippen LogP contribution in [-0.4, -0.2) is 50.2 Å². The molecule has 5 heteroatoms. The molecule has 1 aromatic carbocycles. The van der Waals surface area contributed by atoms with E-state index in [1.807, 2.05) is 7.05 Å². The molecule has 148 valence electrons. The van der Waals surface area contributed by atoms with Crippen molar-refractivity contribution in [2.45, 2.75) is 62.6 Å².